The Labute approximate surface area is 165 Å². The lowest BCUT2D eigenvalue weighted by molar-refractivity contribution is 0.102. The molecule has 2 N–H and O–H groups in total. The fraction of sp³-hybridized carbons (Fsp3) is 0.111. The van der Waals surface area contributed by atoms with Gasteiger partial charge in [-0.25, -0.2) is 17.8 Å². The van der Waals surface area contributed by atoms with E-state index in [9.17, 15) is 17.6 Å². The van der Waals surface area contributed by atoms with Crippen molar-refractivity contribution >= 4 is 38.1 Å². The van der Waals surface area contributed by atoms with Crippen LogP contribution in [0.3, 0.4) is 0 Å². The summed E-state index contributed by atoms with van der Waals surface area (Å²) in [7, 11) is -2.00. The van der Waals surface area contributed by atoms with E-state index in [1.807, 2.05) is 0 Å². The Hall–Kier alpha value is -2.98. The van der Waals surface area contributed by atoms with Gasteiger partial charge in [-0.05, 0) is 30.3 Å². The van der Waals surface area contributed by atoms with Gasteiger partial charge >= 0.3 is 0 Å². The van der Waals surface area contributed by atoms with Crippen LogP contribution in [0, 0.1) is 5.82 Å². The largest absolute Gasteiger partial charge is 0.494 e. The van der Waals surface area contributed by atoms with Gasteiger partial charge in [0.15, 0.2) is 16.7 Å². The number of nitrogens with one attached hydrogen (secondary N) is 2. The van der Waals surface area contributed by atoms with Crippen LogP contribution < -0.4 is 14.8 Å². The SMILES string of the molecule is COc1ccc(C(=O)Nc2nc(-c3ccc(NS(C)(=O)=O)cc3)cs2)cc1F. The summed E-state index contributed by atoms with van der Waals surface area (Å²) in [4.78, 5) is 16.6. The van der Waals surface area contributed by atoms with Crippen LogP contribution in [0.5, 0.6) is 5.75 Å². The van der Waals surface area contributed by atoms with Crippen LogP contribution in [-0.4, -0.2) is 32.7 Å². The monoisotopic (exact) mass is 421 g/mol. The van der Waals surface area contributed by atoms with E-state index in [1.165, 1.54) is 30.6 Å². The zero-order valence-electron chi connectivity index (χ0n) is 14.9. The van der Waals surface area contributed by atoms with Crippen LogP contribution in [0.15, 0.2) is 47.8 Å². The van der Waals surface area contributed by atoms with E-state index >= 15 is 0 Å². The topological polar surface area (TPSA) is 97.4 Å². The third-order valence-electron chi connectivity index (χ3n) is 3.62. The number of methoxy groups -OCH3 is 1. The van der Waals surface area contributed by atoms with Gasteiger partial charge in [0.05, 0.1) is 19.1 Å². The quantitative estimate of drug-likeness (QED) is 0.634. The maximum Gasteiger partial charge on any atom is 0.257 e. The minimum absolute atomic E-state index is 0.0573. The van der Waals surface area contributed by atoms with Crippen molar-refractivity contribution in [3.8, 4) is 17.0 Å². The normalized spacial score (nSPS) is 11.1. The number of halogens is 1. The zero-order valence-corrected chi connectivity index (χ0v) is 16.5. The highest BCUT2D eigenvalue weighted by molar-refractivity contribution is 7.92. The van der Waals surface area contributed by atoms with Crippen molar-refractivity contribution in [2.75, 3.05) is 23.4 Å². The summed E-state index contributed by atoms with van der Waals surface area (Å²) in [5.41, 5.74) is 1.96. The second-order valence-electron chi connectivity index (χ2n) is 5.79. The van der Waals surface area contributed by atoms with E-state index in [0.717, 1.165) is 17.9 Å². The first kappa shape index (κ1) is 19.8. The first-order valence-corrected chi connectivity index (χ1v) is 10.7. The molecule has 3 aromatic rings. The lowest BCUT2D eigenvalue weighted by atomic mass is 10.1. The van der Waals surface area contributed by atoms with Gasteiger partial charge in [0, 0.05) is 22.2 Å². The van der Waals surface area contributed by atoms with Crippen molar-refractivity contribution < 1.29 is 22.3 Å². The first-order valence-electron chi connectivity index (χ1n) is 7.94. The molecule has 0 unspecified atom stereocenters. The third-order valence-corrected chi connectivity index (χ3v) is 4.99. The molecule has 7 nitrogen and oxygen atoms in total. The molecule has 1 amide bonds. The second-order valence-corrected chi connectivity index (χ2v) is 8.40. The molecule has 0 spiro atoms. The summed E-state index contributed by atoms with van der Waals surface area (Å²) in [5.74, 6) is -1.06. The fourth-order valence-electron chi connectivity index (χ4n) is 2.36. The molecule has 146 valence electrons. The van der Waals surface area contributed by atoms with Crippen molar-refractivity contribution in [3.05, 3.63) is 59.2 Å². The van der Waals surface area contributed by atoms with Crippen molar-refractivity contribution in [1.29, 1.82) is 0 Å². The summed E-state index contributed by atoms with van der Waals surface area (Å²) in [5, 5.41) is 4.73. The number of benzene rings is 2. The minimum atomic E-state index is -3.34. The fourth-order valence-corrected chi connectivity index (χ4v) is 3.64. The van der Waals surface area contributed by atoms with Crippen LogP contribution in [0.2, 0.25) is 0 Å². The second kappa shape index (κ2) is 7.95. The van der Waals surface area contributed by atoms with Gasteiger partial charge < -0.3 is 4.74 Å². The molecule has 0 saturated heterocycles. The molecule has 28 heavy (non-hydrogen) atoms. The molecular formula is C18H16FN3O4S2. The zero-order chi connectivity index (χ0) is 20.3. The van der Waals surface area contributed by atoms with Crippen LogP contribution in [-0.2, 0) is 10.0 Å². The molecule has 1 aromatic heterocycles. The summed E-state index contributed by atoms with van der Waals surface area (Å²) in [6.45, 7) is 0. The number of sulfonamides is 1. The number of hydrogen-bond acceptors (Lipinski definition) is 6. The number of anilines is 2. The molecule has 0 atom stereocenters. The van der Waals surface area contributed by atoms with Gasteiger partial charge in [0.25, 0.3) is 5.91 Å². The molecular weight excluding hydrogens is 405 g/mol. The third kappa shape index (κ3) is 4.84. The van der Waals surface area contributed by atoms with E-state index in [4.69, 9.17) is 4.74 Å². The number of aromatic nitrogens is 1. The Kier molecular flexibility index (Phi) is 5.61. The van der Waals surface area contributed by atoms with Crippen LogP contribution in [0.25, 0.3) is 11.3 Å². The Morgan fingerprint density at radius 3 is 2.50 bits per heavy atom. The maximum atomic E-state index is 13.7. The molecule has 0 bridgehead atoms. The van der Waals surface area contributed by atoms with Crippen LogP contribution >= 0.6 is 11.3 Å². The van der Waals surface area contributed by atoms with Crippen molar-refractivity contribution in [1.82, 2.24) is 4.98 Å². The number of nitrogens with zero attached hydrogens (tertiary/aromatic N) is 1. The van der Waals surface area contributed by atoms with Crippen molar-refractivity contribution in [2.24, 2.45) is 0 Å². The molecule has 0 radical (unpaired) electrons. The van der Waals surface area contributed by atoms with E-state index in [0.29, 0.717) is 16.5 Å². The van der Waals surface area contributed by atoms with E-state index in [-0.39, 0.29) is 11.3 Å². The number of amides is 1. The molecule has 0 saturated carbocycles. The van der Waals surface area contributed by atoms with Gasteiger partial charge in [-0.1, -0.05) is 12.1 Å². The molecule has 0 fully saturated rings. The molecule has 0 aliphatic carbocycles. The number of hydrogen-bond donors (Lipinski definition) is 2. The Bertz CT molecular complexity index is 1110. The lowest BCUT2D eigenvalue weighted by Gasteiger charge is -2.05. The van der Waals surface area contributed by atoms with Crippen LogP contribution in [0.4, 0.5) is 15.2 Å². The van der Waals surface area contributed by atoms with Crippen molar-refractivity contribution in [2.45, 2.75) is 0 Å². The average Bonchev–Trinajstić information content (AvgIpc) is 3.09. The van der Waals surface area contributed by atoms with Gasteiger partial charge in [0.1, 0.15) is 0 Å². The summed E-state index contributed by atoms with van der Waals surface area (Å²) in [6, 6.07) is 10.6. The smallest absolute Gasteiger partial charge is 0.257 e. The van der Waals surface area contributed by atoms with Crippen LogP contribution in [0.1, 0.15) is 10.4 Å². The summed E-state index contributed by atoms with van der Waals surface area (Å²) >= 11 is 1.22. The number of rotatable bonds is 6. The van der Waals surface area contributed by atoms with Gasteiger partial charge in [-0.15, -0.1) is 11.3 Å². The van der Waals surface area contributed by atoms with E-state index < -0.39 is 21.7 Å². The molecule has 2 aromatic carbocycles. The highest BCUT2D eigenvalue weighted by Crippen LogP contribution is 2.27. The van der Waals surface area contributed by atoms with E-state index in [2.05, 4.69) is 15.0 Å². The van der Waals surface area contributed by atoms with Gasteiger partial charge in [0.2, 0.25) is 10.0 Å². The summed E-state index contributed by atoms with van der Waals surface area (Å²) in [6.07, 6.45) is 1.07. The predicted octanol–water partition coefficient (Wildman–Crippen LogP) is 3.58. The molecule has 1 heterocycles. The number of carbonyl (C=O) groups is 1. The minimum Gasteiger partial charge on any atom is -0.494 e. The molecule has 0 aliphatic rings. The van der Waals surface area contributed by atoms with E-state index in [1.54, 1.807) is 29.6 Å². The molecule has 10 heteroatoms. The maximum absolute atomic E-state index is 13.7. The highest BCUT2D eigenvalue weighted by atomic mass is 32.2. The Morgan fingerprint density at radius 1 is 1.18 bits per heavy atom. The first-order chi connectivity index (χ1) is 13.2. The average molecular weight is 421 g/mol. The van der Waals surface area contributed by atoms with Gasteiger partial charge in [-0.3, -0.25) is 14.8 Å². The number of carbonyl (C=O) groups excluding carboxylic acids is 1. The Morgan fingerprint density at radius 2 is 1.89 bits per heavy atom. The highest BCUT2D eigenvalue weighted by Gasteiger charge is 2.13. The lowest BCUT2D eigenvalue weighted by Crippen LogP contribution is -2.12. The Balaban J connectivity index is 1.71. The molecule has 0 aliphatic heterocycles. The standard InChI is InChI=1S/C18H16FN3O4S2/c1-26-16-8-5-12(9-14(16)19)17(23)21-18-20-15(10-27-18)11-3-6-13(7-4-11)22-28(2,24)25/h3-10,22H,1-2H3,(H,20,21,23). The number of ether oxygens (including phenoxy) is 1. The summed E-state index contributed by atoms with van der Waals surface area (Å²) < 4.78 is 43.4. The molecule has 3 rings (SSSR count). The van der Waals surface area contributed by atoms with Crippen molar-refractivity contribution in [3.63, 3.8) is 0 Å². The number of thiazole rings is 1. The predicted molar refractivity (Wildman–Crippen MR) is 107 cm³/mol. The van der Waals surface area contributed by atoms with Gasteiger partial charge in [-0.2, -0.15) is 0 Å².